The molecule has 0 aromatic heterocycles. The predicted octanol–water partition coefficient (Wildman–Crippen LogP) is 2.57. The van der Waals surface area contributed by atoms with Gasteiger partial charge in [0.05, 0.1) is 12.2 Å². The van der Waals surface area contributed by atoms with Crippen molar-refractivity contribution in [2.75, 3.05) is 11.9 Å². The topological polar surface area (TPSA) is 81.4 Å². The summed E-state index contributed by atoms with van der Waals surface area (Å²) in [5.74, 6) is -0.667. The van der Waals surface area contributed by atoms with E-state index in [0.717, 1.165) is 5.56 Å². The highest BCUT2D eigenvalue weighted by Crippen LogP contribution is 2.14. The lowest BCUT2D eigenvalue weighted by Crippen LogP contribution is -2.13. The Morgan fingerprint density at radius 3 is 2.55 bits per heavy atom. The second-order valence-electron chi connectivity index (χ2n) is 4.66. The standard InChI is InChI=1S/C17H18N2O3/c1-2-22-17(21)14-7-4-8-15(10-14)19-16(20)13-6-3-5-12(9-13)11-18/h3-10H,2,11,18H2,1H3,(H,19,20). The smallest absolute Gasteiger partial charge is 0.338 e. The van der Waals surface area contributed by atoms with E-state index in [2.05, 4.69) is 5.32 Å². The lowest BCUT2D eigenvalue weighted by atomic mass is 10.1. The summed E-state index contributed by atoms with van der Waals surface area (Å²) in [6.07, 6.45) is 0. The molecule has 114 valence electrons. The van der Waals surface area contributed by atoms with Crippen molar-refractivity contribution in [2.45, 2.75) is 13.5 Å². The number of nitrogens with one attached hydrogen (secondary N) is 1. The van der Waals surface area contributed by atoms with Crippen LogP contribution in [0.25, 0.3) is 0 Å². The van der Waals surface area contributed by atoms with Gasteiger partial charge in [-0.3, -0.25) is 4.79 Å². The quantitative estimate of drug-likeness (QED) is 0.831. The minimum absolute atomic E-state index is 0.253. The van der Waals surface area contributed by atoms with Gasteiger partial charge in [-0.15, -0.1) is 0 Å². The van der Waals surface area contributed by atoms with Crippen LogP contribution in [0.2, 0.25) is 0 Å². The molecule has 2 aromatic carbocycles. The zero-order valence-electron chi connectivity index (χ0n) is 12.3. The first kappa shape index (κ1) is 15.7. The fraction of sp³-hybridized carbons (Fsp3) is 0.176. The average Bonchev–Trinajstić information content (AvgIpc) is 2.55. The first-order valence-electron chi connectivity index (χ1n) is 7.01. The van der Waals surface area contributed by atoms with Gasteiger partial charge in [0.15, 0.2) is 0 Å². The van der Waals surface area contributed by atoms with E-state index in [1.54, 1.807) is 49.4 Å². The molecule has 0 aliphatic heterocycles. The van der Waals surface area contributed by atoms with Gasteiger partial charge in [-0.25, -0.2) is 4.79 Å². The van der Waals surface area contributed by atoms with Crippen LogP contribution in [-0.2, 0) is 11.3 Å². The Kier molecular flexibility index (Phi) is 5.27. The second-order valence-corrected chi connectivity index (χ2v) is 4.66. The van der Waals surface area contributed by atoms with E-state index in [0.29, 0.717) is 30.0 Å². The zero-order valence-corrected chi connectivity index (χ0v) is 12.3. The average molecular weight is 298 g/mol. The number of esters is 1. The molecule has 0 spiro atoms. The number of benzene rings is 2. The first-order chi connectivity index (χ1) is 10.6. The fourth-order valence-electron chi connectivity index (χ4n) is 1.98. The van der Waals surface area contributed by atoms with Crippen molar-refractivity contribution in [1.29, 1.82) is 0 Å². The number of ether oxygens (including phenoxy) is 1. The molecule has 0 fully saturated rings. The van der Waals surface area contributed by atoms with Crippen LogP contribution < -0.4 is 11.1 Å². The molecule has 0 bridgehead atoms. The van der Waals surface area contributed by atoms with Crippen molar-refractivity contribution in [3.63, 3.8) is 0 Å². The van der Waals surface area contributed by atoms with E-state index in [9.17, 15) is 9.59 Å². The largest absolute Gasteiger partial charge is 0.462 e. The van der Waals surface area contributed by atoms with Crippen LogP contribution in [0.5, 0.6) is 0 Å². The third-order valence-corrected chi connectivity index (χ3v) is 3.06. The SMILES string of the molecule is CCOC(=O)c1cccc(NC(=O)c2cccc(CN)c2)c1. The van der Waals surface area contributed by atoms with Gasteiger partial charge >= 0.3 is 5.97 Å². The molecular weight excluding hydrogens is 280 g/mol. The molecule has 0 heterocycles. The van der Waals surface area contributed by atoms with E-state index >= 15 is 0 Å². The Hall–Kier alpha value is -2.66. The van der Waals surface area contributed by atoms with Crippen molar-refractivity contribution in [2.24, 2.45) is 5.73 Å². The first-order valence-corrected chi connectivity index (χ1v) is 7.01. The molecule has 0 aliphatic rings. The molecule has 1 amide bonds. The fourth-order valence-corrected chi connectivity index (χ4v) is 1.98. The van der Waals surface area contributed by atoms with E-state index in [-0.39, 0.29) is 5.91 Å². The van der Waals surface area contributed by atoms with Crippen LogP contribution in [0.15, 0.2) is 48.5 Å². The molecule has 3 N–H and O–H groups in total. The van der Waals surface area contributed by atoms with Gasteiger partial charge < -0.3 is 15.8 Å². The molecule has 0 radical (unpaired) electrons. The zero-order chi connectivity index (χ0) is 15.9. The van der Waals surface area contributed by atoms with Gasteiger partial charge in [-0.1, -0.05) is 18.2 Å². The van der Waals surface area contributed by atoms with Crippen molar-refractivity contribution < 1.29 is 14.3 Å². The van der Waals surface area contributed by atoms with Crippen molar-refractivity contribution in [3.05, 3.63) is 65.2 Å². The van der Waals surface area contributed by atoms with Crippen LogP contribution >= 0.6 is 0 Å². The molecular formula is C17H18N2O3. The lowest BCUT2D eigenvalue weighted by Gasteiger charge is -2.08. The highest BCUT2D eigenvalue weighted by Gasteiger charge is 2.10. The molecule has 2 rings (SSSR count). The van der Waals surface area contributed by atoms with E-state index in [1.165, 1.54) is 0 Å². The minimum atomic E-state index is -0.413. The monoisotopic (exact) mass is 298 g/mol. The van der Waals surface area contributed by atoms with Gasteiger partial charge in [0, 0.05) is 17.8 Å². The second kappa shape index (κ2) is 7.38. The van der Waals surface area contributed by atoms with Crippen molar-refractivity contribution >= 4 is 17.6 Å². The Morgan fingerprint density at radius 1 is 1.09 bits per heavy atom. The van der Waals surface area contributed by atoms with Gasteiger partial charge in [0.25, 0.3) is 5.91 Å². The number of amides is 1. The number of anilines is 1. The highest BCUT2D eigenvalue weighted by molar-refractivity contribution is 6.05. The highest BCUT2D eigenvalue weighted by atomic mass is 16.5. The Balaban J connectivity index is 2.14. The van der Waals surface area contributed by atoms with Crippen molar-refractivity contribution in [3.8, 4) is 0 Å². The van der Waals surface area contributed by atoms with Crippen LogP contribution in [0.3, 0.4) is 0 Å². The van der Waals surface area contributed by atoms with Gasteiger partial charge in [-0.05, 0) is 42.8 Å². The Bertz CT molecular complexity index is 683. The minimum Gasteiger partial charge on any atom is -0.462 e. The maximum atomic E-state index is 12.2. The van der Waals surface area contributed by atoms with E-state index in [4.69, 9.17) is 10.5 Å². The molecule has 5 nitrogen and oxygen atoms in total. The van der Waals surface area contributed by atoms with Gasteiger partial charge in [0.2, 0.25) is 0 Å². The van der Waals surface area contributed by atoms with Crippen LogP contribution in [0.1, 0.15) is 33.2 Å². The van der Waals surface area contributed by atoms with Crippen LogP contribution in [0.4, 0.5) is 5.69 Å². The molecule has 0 unspecified atom stereocenters. The number of nitrogens with two attached hydrogens (primary N) is 1. The summed E-state index contributed by atoms with van der Waals surface area (Å²) in [5, 5.41) is 2.76. The van der Waals surface area contributed by atoms with Gasteiger partial charge in [-0.2, -0.15) is 0 Å². The third-order valence-electron chi connectivity index (χ3n) is 3.06. The summed E-state index contributed by atoms with van der Waals surface area (Å²) in [6.45, 7) is 2.43. The summed E-state index contributed by atoms with van der Waals surface area (Å²) < 4.78 is 4.94. The summed E-state index contributed by atoms with van der Waals surface area (Å²) >= 11 is 0. The number of rotatable bonds is 5. The number of hydrogen-bond acceptors (Lipinski definition) is 4. The molecule has 0 atom stereocenters. The predicted molar refractivity (Wildman–Crippen MR) is 84.7 cm³/mol. The Morgan fingerprint density at radius 2 is 1.82 bits per heavy atom. The molecule has 0 saturated heterocycles. The number of carbonyl (C=O) groups excluding carboxylic acids is 2. The van der Waals surface area contributed by atoms with Gasteiger partial charge in [0.1, 0.15) is 0 Å². The van der Waals surface area contributed by atoms with Crippen molar-refractivity contribution in [1.82, 2.24) is 0 Å². The van der Waals surface area contributed by atoms with Crippen LogP contribution in [-0.4, -0.2) is 18.5 Å². The summed E-state index contributed by atoms with van der Waals surface area (Å²) in [4.78, 5) is 23.9. The van der Waals surface area contributed by atoms with E-state index in [1.807, 2.05) is 6.07 Å². The summed E-state index contributed by atoms with van der Waals surface area (Å²) in [7, 11) is 0. The number of hydrogen-bond donors (Lipinski definition) is 2. The van der Waals surface area contributed by atoms with Crippen LogP contribution in [0, 0.1) is 0 Å². The molecule has 22 heavy (non-hydrogen) atoms. The molecule has 0 aliphatic carbocycles. The third kappa shape index (κ3) is 3.93. The summed E-state index contributed by atoms with van der Waals surface area (Å²) in [5.41, 5.74) is 7.90. The normalized spacial score (nSPS) is 10.1. The number of carbonyl (C=O) groups is 2. The maximum absolute atomic E-state index is 12.2. The summed E-state index contributed by atoms with van der Waals surface area (Å²) in [6, 6.07) is 13.7. The molecule has 2 aromatic rings. The molecule has 5 heteroatoms. The lowest BCUT2D eigenvalue weighted by molar-refractivity contribution is 0.0526. The molecule has 0 saturated carbocycles. The Labute approximate surface area is 129 Å². The maximum Gasteiger partial charge on any atom is 0.338 e. The van der Waals surface area contributed by atoms with E-state index < -0.39 is 5.97 Å².